The molecule has 2 heterocycles. The monoisotopic (exact) mass is 586 g/mol. The van der Waals surface area contributed by atoms with Gasteiger partial charge in [0.25, 0.3) is 0 Å². The summed E-state index contributed by atoms with van der Waals surface area (Å²) < 4.78 is 10.8. The quantitative estimate of drug-likeness (QED) is 0.230. The van der Waals surface area contributed by atoms with Crippen LogP contribution in [0.1, 0.15) is 25.7 Å². The number of para-hydroxylation sites is 2. The molecule has 10 heteroatoms. The van der Waals surface area contributed by atoms with Crippen LogP contribution in [0.3, 0.4) is 0 Å². The fourth-order valence-electron chi connectivity index (χ4n) is 4.55. The molecule has 2 aromatic carbocycles. The fourth-order valence-corrected chi connectivity index (χ4v) is 6.59. The van der Waals surface area contributed by atoms with E-state index in [1.165, 1.54) is 0 Å². The Morgan fingerprint density at radius 3 is 1.48 bits per heavy atom. The number of morpholine rings is 2. The number of unbranched alkanes of at least 4 members (excludes halogenated alkanes) is 1. The number of carbonyl (C=O) groups is 2. The molecule has 0 spiro atoms. The lowest BCUT2D eigenvalue weighted by atomic mass is 10.3. The molecule has 4 rings (SSSR count). The van der Waals surface area contributed by atoms with Crippen molar-refractivity contribution in [1.82, 2.24) is 9.80 Å². The SMILES string of the molecule is O=C(CCN1CCOCC1)Nc1ccccc1SCCCCSc1ccccc1NC(=O)CCN1CCOCC1. The second-order valence-corrected chi connectivity index (χ2v) is 12.2. The minimum Gasteiger partial charge on any atom is -0.379 e. The van der Waals surface area contributed by atoms with Crippen LogP contribution in [0, 0.1) is 0 Å². The van der Waals surface area contributed by atoms with Crippen molar-refractivity contribution in [2.75, 3.05) is 87.8 Å². The van der Waals surface area contributed by atoms with Gasteiger partial charge < -0.3 is 20.1 Å². The molecule has 0 radical (unpaired) electrons. The Bertz CT molecular complexity index is 978. The zero-order chi connectivity index (χ0) is 27.8. The predicted octanol–water partition coefficient (Wildman–Crippen LogP) is 4.67. The van der Waals surface area contributed by atoms with Crippen LogP contribution in [-0.2, 0) is 19.1 Å². The van der Waals surface area contributed by atoms with E-state index in [0.717, 1.165) is 111 Å². The smallest absolute Gasteiger partial charge is 0.225 e. The molecule has 40 heavy (non-hydrogen) atoms. The van der Waals surface area contributed by atoms with Crippen molar-refractivity contribution in [1.29, 1.82) is 0 Å². The van der Waals surface area contributed by atoms with Gasteiger partial charge in [0.05, 0.1) is 37.8 Å². The van der Waals surface area contributed by atoms with Gasteiger partial charge in [-0.15, -0.1) is 23.5 Å². The van der Waals surface area contributed by atoms with Crippen molar-refractivity contribution in [3.63, 3.8) is 0 Å². The number of hydrogen-bond acceptors (Lipinski definition) is 8. The Hall–Kier alpha value is -2.08. The molecule has 2 amide bonds. The molecule has 0 unspecified atom stereocenters. The minimum absolute atomic E-state index is 0.0581. The highest BCUT2D eigenvalue weighted by molar-refractivity contribution is 7.99. The number of nitrogens with zero attached hydrogens (tertiary/aromatic N) is 2. The third-order valence-electron chi connectivity index (χ3n) is 6.89. The van der Waals surface area contributed by atoms with Gasteiger partial charge in [0, 0.05) is 61.9 Å². The van der Waals surface area contributed by atoms with Gasteiger partial charge in [-0.1, -0.05) is 24.3 Å². The Kier molecular flexibility index (Phi) is 13.6. The summed E-state index contributed by atoms with van der Waals surface area (Å²) in [5.74, 6) is 2.09. The summed E-state index contributed by atoms with van der Waals surface area (Å²) >= 11 is 3.58. The van der Waals surface area contributed by atoms with Gasteiger partial charge in [-0.3, -0.25) is 19.4 Å². The van der Waals surface area contributed by atoms with Gasteiger partial charge in [0.1, 0.15) is 0 Å². The third-order valence-corrected chi connectivity index (χ3v) is 9.21. The maximum absolute atomic E-state index is 12.5. The number of hydrogen-bond donors (Lipinski definition) is 2. The van der Waals surface area contributed by atoms with E-state index in [4.69, 9.17) is 9.47 Å². The van der Waals surface area contributed by atoms with Gasteiger partial charge in [-0.25, -0.2) is 0 Å². The van der Waals surface area contributed by atoms with Crippen LogP contribution in [-0.4, -0.2) is 98.8 Å². The van der Waals surface area contributed by atoms with Crippen molar-refractivity contribution in [3.05, 3.63) is 48.5 Å². The number of thioether (sulfide) groups is 2. The number of nitrogens with one attached hydrogen (secondary N) is 2. The van der Waals surface area contributed by atoms with E-state index in [0.29, 0.717) is 12.8 Å². The average Bonchev–Trinajstić information content (AvgIpc) is 2.99. The van der Waals surface area contributed by atoms with Crippen LogP contribution in [0.15, 0.2) is 58.3 Å². The molecule has 2 fully saturated rings. The molecule has 0 saturated carbocycles. The third kappa shape index (κ3) is 11.1. The van der Waals surface area contributed by atoms with Crippen molar-refractivity contribution in [3.8, 4) is 0 Å². The summed E-state index contributed by atoms with van der Waals surface area (Å²) in [6, 6.07) is 16.1. The first kappa shape index (κ1) is 30.9. The molecule has 0 bridgehead atoms. The van der Waals surface area contributed by atoms with Gasteiger partial charge in [0.2, 0.25) is 11.8 Å². The highest BCUT2D eigenvalue weighted by Gasteiger charge is 2.14. The summed E-state index contributed by atoms with van der Waals surface area (Å²) in [7, 11) is 0. The van der Waals surface area contributed by atoms with Crippen molar-refractivity contribution in [2.45, 2.75) is 35.5 Å². The highest BCUT2D eigenvalue weighted by Crippen LogP contribution is 2.30. The van der Waals surface area contributed by atoms with E-state index in [9.17, 15) is 9.59 Å². The Morgan fingerprint density at radius 2 is 1.05 bits per heavy atom. The molecule has 2 aromatic rings. The minimum atomic E-state index is 0.0581. The lowest BCUT2D eigenvalue weighted by Crippen LogP contribution is -2.38. The van der Waals surface area contributed by atoms with E-state index in [2.05, 4.69) is 32.6 Å². The van der Waals surface area contributed by atoms with Crippen LogP contribution in [0.4, 0.5) is 11.4 Å². The Labute approximate surface area is 246 Å². The van der Waals surface area contributed by atoms with Gasteiger partial charge in [-0.2, -0.15) is 0 Å². The summed E-state index contributed by atoms with van der Waals surface area (Å²) in [5.41, 5.74) is 1.79. The lowest BCUT2D eigenvalue weighted by Gasteiger charge is -2.26. The number of amides is 2. The number of benzene rings is 2. The molecule has 2 saturated heterocycles. The maximum atomic E-state index is 12.5. The van der Waals surface area contributed by atoms with Crippen molar-refractivity contribution >= 4 is 46.7 Å². The maximum Gasteiger partial charge on any atom is 0.225 e. The predicted molar refractivity (Wildman–Crippen MR) is 165 cm³/mol. The van der Waals surface area contributed by atoms with Crippen LogP contribution in [0.25, 0.3) is 0 Å². The van der Waals surface area contributed by atoms with Crippen LogP contribution >= 0.6 is 23.5 Å². The zero-order valence-electron chi connectivity index (χ0n) is 23.3. The van der Waals surface area contributed by atoms with Crippen molar-refractivity contribution < 1.29 is 19.1 Å². The summed E-state index contributed by atoms with van der Waals surface area (Å²) in [6.45, 7) is 8.11. The van der Waals surface area contributed by atoms with E-state index in [1.807, 2.05) is 36.4 Å². The largest absolute Gasteiger partial charge is 0.379 e. The van der Waals surface area contributed by atoms with Gasteiger partial charge in [0.15, 0.2) is 0 Å². The molecule has 2 N–H and O–H groups in total. The molecule has 2 aliphatic heterocycles. The van der Waals surface area contributed by atoms with Gasteiger partial charge in [-0.05, 0) is 48.6 Å². The molecular formula is C30H42N4O4S2. The van der Waals surface area contributed by atoms with Gasteiger partial charge >= 0.3 is 0 Å². The highest BCUT2D eigenvalue weighted by atomic mass is 32.2. The van der Waals surface area contributed by atoms with E-state index in [1.54, 1.807) is 23.5 Å². The first-order chi connectivity index (χ1) is 19.7. The molecule has 0 aliphatic carbocycles. The molecule has 218 valence electrons. The summed E-state index contributed by atoms with van der Waals surface area (Å²) in [4.78, 5) is 31.9. The average molecular weight is 587 g/mol. The van der Waals surface area contributed by atoms with Crippen molar-refractivity contribution in [2.24, 2.45) is 0 Å². The first-order valence-electron chi connectivity index (χ1n) is 14.3. The second-order valence-electron chi connectivity index (χ2n) is 9.90. The first-order valence-corrected chi connectivity index (χ1v) is 16.3. The normalized spacial score (nSPS) is 16.5. The standard InChI is InChI=1S/C30H42N4O4S2/c35-29(11-13-33-15-19-37-20-16-33)31-25-7-1-3-9-27(25)39-23-5-6-24-40-28-10-4-2-8-26(28)32-30(36)12-14-34-17-21-38-22-18-34/h1-4,7-10H,5-6,11-24H2,(H,31,35)(H,32,36). The molecular weight excluding hydrogens is 544 g/mol. The van der Waals surface area contributed by atoms with E-state index in [-0.39, 0.29) is 11.8 Å². The molecule has 0 atom stereocenters. The summed E-state index contributed by atoms with van der Waals surface area (Å²) in [5, 5.41) is 6.22. The molecule has 2 aliphatic rings. The fraction of sp³-hybridized carbons (Fsp3) is 0.533. The van der Waals surface area contributed by atoms with Crippen LogP contribution in [0.2, 0.25) is 0 Å². The summed E-state index contributed by atoms with van der Waals surface area (Å²) in [6.07, 6.45) is 3.13. The van der Waals surface area contributed by atoms with E-state index < -0.39 is 0 Å². The lowest BCUT2D eigenvalue weighted by molar-refractivity contribution is -0.117. The Balaban J connectivity index is 1.13. The second kappa shape index (κ2) is 17.7. The molecule has 0 aromatic heterocycles. The molecule has 8 nitrogen and oxygen atoms in total. The van der Waals surface area contributed by atoms with E-state index >= 15 is 0 Å². The number of anilines is 2. The number of ether oxygens (including phenoxy) is 2. The number of carbonyl (C=O) groups excluding carboxylic acids is 2. The number of rotatable bonds is 15. The topological polar surface area (TPSA) is 83.1 Å². The Morgan fingerprint density at radius 1 is 0.650 bits per heavy atom. The zero-order valence-corrected chi connectivity index (χ0v) is 24.9. The van der Waals surface area contributed by atoms with Crippen LogP contribution < -0.4 is 10.6 Å². The van der Waals surface area contributed by atoms with Crippen LogP contribution in [0.5, 0.6) is 0 Å².